The van der Waals surface area contributed by atoms with Crippen molar-refractivity contribution >= 4 is 0 Å². The number of ether oxygens (including phenoxy) is 2. The van der Waals surface area contributed by atoms with Gasteiger partial charge in [-0.05, 0) is 41.8 Å². The second-order valence-corrected chi connectivity index (χ2v) is 8.19. The molecule has 1 heterocycles. The third kappa shape index (κ3) is 5.72. The van der Waals surface area contributed by atoms with Crippen molar-refractivity contribution in [3.63, 3.8) is 0 Å². The molecule has 0 amide bonds. The Morgan fingerprint density at radius 2 is 1.59 bits per heavy atom. The zero-order valence-corrected chi connectivity index (χ0v) is 19.1. The summed E-state index contributed by atoms with van der Waals surface area (Å²) in [7, 11) is 0. The molecule has 0 spiro atoms. The molecule has 3 aromatic rings. The van der Waals surface area contributed by atoms with E-state index in [1.807, 2.05) is 49.4 Å². The molecule has 0 aromatic heterocycles. The summed E-state index contributed by atoms with van der Waals surface area (Å²) in [6.45, 7) is 5.41. The van der Waals surface area contributed by atoms with Crippen LogP contribution in [0.25, 0.3) is 0 Å². The van der Waals surface area contributed by atoms with E-state index in [4.69, 9.17) is 9.47 Å². The Hall–Kier alpha value is -3.03. The van der Waals surface area contributed by atoms with Gasteiger partial charge in [-0.2, -0.15) is 13.2 Å². The lowest BCUT2D eigenvalue weighted by atomic mass is 9.92. The molecule has 1 atom stereocenters. The number of rotatable bonds is 8. The SMILES string of the molecule is CCOc1cc(C(c2ccccc2C(F)(F)F)N2CCNCC2)ccc1OCc1ccccc1. The van der Waals surface area contributed by atoms with Crippen LogP contribution in [0.3, 0.4) is 0 Å². The predicted octanol–water partition coefficient (Wildman–Crippen LogP) is 5.68. The Morgan fingerprint density at radius 1 is 0.882 bits per heavy atom. The van der Waals surface area contributed by atoms with Gasteiger partial charge in [-0.15, -0.1) is 0 Å². The molecule has 1 aliphatic heterocycles. The van der Waals surface area contributed by atoms with Gasteiger partial charge in [0.15, 0.2) is 11.5 Å². The van der Waals surface area contributed by atoms with Crippen LogP contribution in [0.2, 0.25) is 0 Å². The number of hydrogen-bond donors (Lipinski definition) is 1. The van der Waals surface area contributed by atoms with Gasteiger partial charge in [-0.25, -0.2) is 0 Å². The number of halogens is 3. The molecule has 0 radical (unpaired) electrons. The van der Waals surface area contributed by atoms with Gasteiger partial charge < -0.3 is 14.8 Å². The average Bonchev–Trinajstić information content (AvgIpc) is 2.85. The Balaban J connectivity index is 1.72. The minimum Gasteiger partial charge on any atom is -0.490 e. The summed E-state index contributed by atoms with van der Waals surface area (Å²) in [6, 6.07) is 20.5. The first-order valence-electron chi connectivity index (χ1n) is 11.5. The van der Waals surface area contributed by atoms with E-state index in [1.54, 1.807) is 18.2 Å². The maximum Gasteiger partial charge on any atom is 0.416 e. The molecule has 1 fully saturated rings. The number of alkyl halides is 3. The van der Waals surface area contributed by atoms with Gasteiger partial charge in [0.2, 0.25) is 0 Å². The smallest absolute Gasteiger partial charge is 0.416 e. The summed E-state index contributed by atoms with van der Waals surface area (Å²) < 4.78 is 53.7. The second kappa shape index (κ2) is 10.9. The number of hydrogen-bond acceptors (Lipinski definition) is 4. The van der Waals surface area contributed by atoms with E-state index in [0.717, 1.165) is 30.3 Å². The Kier molecular flexibility index (Phi) is 7.75. The molecular weight excluding hydrogens is 441 g/mol. The lowest BCUT2D eigenvalue weighted by Gasteiger charge is -2.36. The maximum atomic E-state index is 13.9. The number of piperazine rings is 1. The second-order valence-electron chi connectivity index (χ2n) is 8.19. The summed E-state index contributed by atoms with van der Waals surface area (Å²) in [5.74, 6) is 1.10. The van der Waals surface area contributed by atoms with Crippen LogP contribution >= 0.6 is 0 Å². The molecule has 0 aliphatic carbocycles. The molecule has 1 saturated heterocycles. The van der Waals surface area contributed by atoms with Crippen molar-refractivity contribution in [2.45, 2.75) is 25.7 Å². The van der Waals surface area contributed by atoms with E-state index < -0.39 is 17.8 Å². The van der Waals surface area contributed by atoms with E-state index in [9.17, 15) is 13.2 Å². The monoisotopic (exact) mass is 470 g/mol. The summed E-state index contributed by atoms with van der Waals surface area (Å²) >= 11 is 0. The van der Waals surface area contributed by atoms with Crippen LogP contribution in [-0.4, -0.2) is 37.7 Å². The van der Waals surface area contributed by atoms with Gasteiger partial charge in [0.25, 0.3) is 0 Å². The Bertz CT molecular complexity index is 1070. The minimum atomic E-state index is -4.44. The fraction of sp³-hybridized carbons (Fsp3) is 0.333. The molecule has 1 N–H and O–H groups in total. The molecule has 0 saturated carbocycles. The molecular formula is C27H29F3N2O2. The van der Waals surface area contributed by atoms with Crippen molar-refractivity contribution in [1.82, 2.24) is 10.2 Å². The summed E-state index contributed by atoms with van der Waals surface area (Å²) in [5.41, 5.74) is 1.40. The molecule has 3 aromatic carbocycles. The van der Waals surface area contributed by atoms with Gasteiger partial charge >= 0.3 is 6.18 Å². The van der Waals surface area contributed by atoms with E-state index in [0.29, 0.717) is 37.8 Å². The first kappa shape index (κ1) is 24.1. The van der Waals surface area contributed by atoms with Crippen molar-refractivity contribution in [1.29, 1.82) is 0 Å². The van der Waals surface area contributed by atoms with Gasteiger partial charge in [-0.1, -0.05) is 54.6 Å². The lowest BCUT2D eigenvalue weighted by Crippen LogP contribution is -2.45. The van der Waals surface area contributed by atoms with Crippen molar-refractivity contribution in [3.8, 4) is 11.5 Å². The van der Waals surface area contributed by atoms with Crippen molar-refractivity contribution in [3.05, 3.63) is 95.1 Å². The summed E-state index contributed by atoms with van der Waals surface area (Å²) in [4.78, 5) is 2.09. The molecule has 0 bridgehead atoms. The highest BCUT2D eigenvalue weighted by atomic mass is 19.4. The minimum absolute atomic E-state index is 0.248. The van der Waals surface area contributed by atoms with Gasteiger partial charge in [0.1, 0.15) is 6.61 Å². The van der Waals surface area contributed by atoms with Crippen LogP contribution in [-0.2, 0) is 12.8 Å². The van der Waals surface area contributed by atoms with E-state index in [2.05, 4.69) is 10.2 Å². The van der Waals surface area contributed by atoms with Crippen molar-refractivity contribution in [2.75, 3.05) is 32.8 Å². The third-order valence-corrected chi connectivity index (χ3v) is 5.90. The van der Waals surface area contributed by atoms with Gasteiger partial charge in [0, 0.05) is 26.2 Å². The van der Waals surface area contributed by atoms with Crippen LogP contribution in [0.1, 0.15) is 35.2 Å². The standard InChI is InChI=1S/C27H29F3N2O2/c1-2-33-25-18-21(12-13-24(25)34-19-20-8-4-3-5-9-20)26(32-16-14-31-15-17-32)22-10-6-7-11-23(22)27(28,29)30/h3-13,18,26,31H,2,14-17,19H2,1H3. The zero-order valence-electron chi connectivity index (χ0n) is 19.1. The molecule has 7 heteroatoms. The molecule has 4 nitrogen and oxygen atoms in total. The van der Waals surface area contributed by atoms with Gasteiger partial charge in [0.05, 0.1) is 18.2 Å². The highest BCUT2D eigenvalue weighted by Crippen LogP contribution is 2.41. The Morgan fingerprint density at radius 3 is 2.29 bits per heavy atom. The van der Waals surface area contributed by atoms with E-state index in [-0.39, 0.29) is 5.56 Å². The molecule has 1 unspecified atom stereocenters. The van der Waals surface area contributed by atoms with Gasteiger partial charge in [-0.3, -0.25) is 4.90 Å². The average molecular weight is 471 g/mol. The largest absolute Gasteiger partial charge is 0.490 e. The zero-order chi connectivity index (χ0) is 24.0. The number of nitrogens with zero attached hydrogens (tertiary/aromatic N) is 1. The first-order valence-corrected chi connectivity index (χ1v) is 11.5. The van der Waals surface area contributed by atoms with E-state index in [1.165, 1.54) is 6.07 Å². The highest BCUT2D eigenvalue weighted by molar-refractivity contribution is 5.47. The van der Waals surface area contributed by atoms with Crippen LogP contribution in [0, 0.1) is 0 Å². The topological polar surface area (TPSA) is 33.7 Å². The summed E-state index contributed by atoms with van der Waals surface area (Å²) in [6.07, 6.45) is -4.44. The normalized spacial score (nSPS) is 15.6. The predicted molar refractivity (Wildman–Crippen MR) is 126 cm³/mol. The van der Waals surface area contributed by atoms with Crippen LogP contribution in [0.15, 0.2) is 72.8 Å². The van der Waals surface area contributed by atoms with Crippen LogP contribution < -0.4 is 14.8 Å². The fourth-order valence-electron chi connectivity index (χ4n) is 4.34. The van der Waals surface area contributed by atoms with Crippen LogP contribution in [0.5, 0.6) is 11.5 Å². The molecule has 1 aliphatic rings. The van der Waals surface area contributed by atoms with Crippen molar-refractivity contribution in [2.24, 2.45) is 0 Å². The maximum absolute atomic E-state index is 13.9. The third-order valence-electron chi connectivity index (χ3n) is 5.90. The highest BCUT2D eigenvalue weighted by Gasteiger charge is 2.37. The number of benzene rings is 3. The first-order chi connectivity index (χ1) is 16.5. The molecule has 4 rings (SSSR count). The number of nitrogens with one attached hydrogen (secondary N) is 1. The molecule has 34 heavy (non-hydrogen) atoms. The van der Waals surface area contributed by atoms with Crippen LogP contribution in [0.4, 0.5) is 13.2 Å². The lowest BCUT2D eigenvalue weighted by molar-refractivity contribution is -0.138. The fourth-order valence-corrected chi connectivity index (χ4v) is 4.34. The van der Waals surface area contributed by atoms with E-state index >= 15 is 0 Å². The Labute approximate surface area is 198 Å². The summed E-state index contributed by atoms with van der Waals surface area (Å²) in [5, 5.41) is 3.28. The quantitative estimate of drug-likeness (QED) is 0.460. The van der Waals surface area contributed by atoms with Crippen molar-refractivity contribution < 1.29 is 22.6 Å². The molecule has 180 valence electrons.